The lowest BCUT2D eigenvalue weighted by Crippen LogP contribution is -2.01. The smallest absolute Gasteiger partial charge is 0.0614 e. The molecule has 0 fully saturated rings. The normalized spacial score (nSPS) is 12.0. The fourth-order valence-corrected chi connectivity index (χ4v) is 23.7. The lowest BCUT2D eigenvalue weighted by molar-refractivity contribution is 0.541. The van der Waals surface area contributed by atoms with E-state index in [1.807, 2.05) is 0 Å². The van der Waals surface area contributed by atoms with Crippen molar-refractivity contribution in [3.63, 3.8) is 0 Å². The highest BCUT2D eigenvalue weighted by Crippen LogP contribution is 2.53. The molecule has 0 radical (unpaired) electrons. The Labute approximate surface area is 860 Å². The van der Waals surface area contributed by atoms with E-state index in [0.29, 0.717) is 0 Å². The van der Waals surface area contributed by atoms with E-state index in [1.165, 1.54) is 551 Å². The highest BCUT2D eigenvalue weighted by molar-refractivity contribution is 6.40. The SMILES string of the molecule is CCCCCCCCCCCCn1c2cc(-c3ccc(CCCCCCCCC)cc3)c(-c3ccc(CCCCCCCCC)cc3)cc2c2c3[nH]c4cc(-c5ccc(CCCCCCCCC)cc5)c(-c5ccc(CCCCCCCCC)cc5)cc4c3c3c(c4cc(-c5ccc(CCCCCCCCC)cc5)c(-c5ccc(CCCCCCCCC)cc5)cc4n3CCCCCCCCCCCC)c21. The predicted molar refractivity (Wildman–Crippen MR) is 628 cm³/mol. The van der Waals surface area contributed by atoms with Gasteiger partial charge in [-0.25, -0.2) is 0 Å². The molecule has 0 saturated carbocycles. The topological polar surface area (TPSA) is 25.6 Å². The van der Waals surface area contributed by atoms with Crippen LogP contribution in [-0.2, 0) is 51.6 Å². The standard InChI is InChI=1S/C138H195N3/c1-9-17-25-33-41-43-45-53-61-69-101-140-131-107-125(119-97-85-113(86-98-119)75-67-59-51-39-31-23-15-7)122(116-91-79-110(80-92-116)72-64-56-48-36-28-20-12-4)104-128(131)134-136-133(127-103-121(115-89-77-109(78-90-115)71-63-55-47-35-27-19-11-3)124(106-130(127)139-136)118-95-83-112(84-96-118)74-66-58-50-38-30-22-14-6)137-135(138(134)140)129-105-123(117-93-81-111(82-94-117)73-65-57-49-37-29-21-13-5)126(120-99-87-114(88-100-120)76-68-60-52-40-32-24-16-8)108-132(129)141(137)102-70-62-54-46-44-42-34-26-18-10-2/h77-100,103-108,139H,9-76,101-102H2,1-8H3. The van der Waals surface area contributed by atoms with Crippen molar-refractivity contribution in [2.75, 3.05) is 0 Å². The first kappa shape index (κ1) is 110. The number of aryl methyl sites for hydroxylation is 8. The Bertz CT molecular complexity index is 5580. The quantitative estimate of drug-likeness (QED) is 0.0368. The van der Waals surface area contributed by atoms with Crippen LogP contribution in [0.5, 0.6) is 0 Å². The van der Waals surface area contributed by atoms with Crippen molar-refractivity contribution in [1.82, 2.24) is 14.1 Å². The van der Waals surface area contributed by atoms with E-state index in [9.17, 15) is 0 Å². The molecular formula is C138H195N3. The number of rotatable bonds is 76. The zero-order chi connectivity index (χ0) is 97.9. The van der Waals surface area contributed by atoms with Gasteiger partial charge in [0.1, 0.15) is 0 Å². The van der Waals surface area contributed by atoms with Crippen LogP contribution in [-0.4, -0.2) is 14.1 Å². The molecule has 3 heteroatoms. The summed E-state index contributed by atoms with van der Waals surface area (Å²) in [6.45, 7) is 20.6. The van der Waals surface area contributed by atoms with Crippen molar-refractivity contribution in [2.45, 2.75) is 505 Å². The van der Waals surface area contributed by atoms with Crippen LogP contribution in [0.25, 0.3) is 132 Å². The first-order valence-corrected chi connectivity index (χ1v) is 60.4. The molecule has 0 spiro atoms. The maximum atomic E-state index is 4.62. The van der Waals surface area contributed by atoms with Gasteiger partial charge in [0.15, 0.2) is 0 Å². The molecule has 3 aromatic heterocycles. The number of aromatic amines is 1. The molecule has 0 saturated heterocycles. The van der Waals surface area contributed by atoms with E-state index in [-0.39, 0.29) is 0 Å². The first-order valence-electron chi connectivity index (χ1n) is 60.4. The molecule has 0 aliphatic rings. The predicted octanol–water partition coefficient (Wildman–Crippen LogP) is 45.1. The van der Waals surface area contributed by atoms with Gasteiger partial charge in [-0.1, -0.05) is 548 Å². The fourth-order valence-electron chi connectivity index (χ4n) is 23.7. The second-order valence-electron chi connectivity index (χ2n) is 44.2. The molecule has 0 unspecified atom stereocenters. The molecule has 0 aliphatic carbocycles. The zero-order valence-electron chi connectivity index (χ0n) is 91.2. The van der Waals surface area contributed by atoms with E-state index in [4.69, 9.17) is 0 Å². The van der Waals surface area contributed by atoms with Crippen LogP contribution >= 0.6 is 0 Å². The van der Waals surface area contributed by atoms with Crippen LogP contribution in [0, 0.1) is 0 Å². The van der Waals surface area contributed by atoms with Gasteiger partial charge >= 0.3 is 0 Å². The van der Waals surface area contributed by atoms with Crippen molar-refractivity contribution in [1.29, 1.82) is 0 Å². The second-order valence-corrected chi connectivity index (χ2v) is 44.2. The summed E-state index contributed by atoms with van der Waals surface area (Å²) in [5.41, 5.74) is 32.7. The van der Waals surface area contributed by atoms with Gasteiger partial charge in [-0.3, -0.25) is 0 Å². The zero-order valence-corrected chi connectivity index (χ0v) is 91.2. The van der Waals surface area contributed by atoms with E-state index < -0.39 is 0 Å². The molecule has 0 atom stereocenters. The molecule has 1 N–H and O–H groups in total. The summed E-state index contributed by atoms with van der Waals surface area (Å²) < 4.78 is 5.91. The molecule has 141 heavy (non-hydrogen) atoms. The van der Waals surface area contributed by atoms with E-state index >= 15 is 0 Å². The Hall–Kier alpha value is -8.40. The van der Waals surface area contributed by atoms with Crippen molar-refractivity contribution in [3.8, 4) is 66.8 Å². The second kappa shape index (κ2) is 63.1. The summed E-state index contributed by atoms with van der Waals surface area (Å²) in [4.78, 5) is 4.62. The van der Waals surface area contributed by atoms with Gasteiger partial charge in [0, 0.05) is 62.0 Å². The van der Waals surface area contributed by atoms with Crippen molar-refractivity contribution < 1.29 is 0 Å². The molecule has 10 aromatic carbocycles. The van der Waals surface area contributed by atoms with Gasteiger partial charge in [-0.2, -0.15) is 0 Å². The Morgan fingerprint density at radius 3 is 0.574 bits per heavy atom. The summed E-state index contributed by atoms with van der Waals surface area (Å²) in [6.07, 6.45) is 88.6. The third kappa shape index (κ3) is 33.3. The maximum Gasteiger partial charge on any atom is 0.0614 e. The maximum absolute atomic E-state index is 4.62. The van der Waals surface area contributed by atoms with Crippen molar-refractivity contribution in [2.24, 2.45) is 0 Å². The number of fused-ring (bicyclic) bond motifs is 12. The third-order valence-corrected chi connectivity index (χ3v) is 32.5. The van der Waals surface area contributed by atoms with Gasteiger partial charge in [0.2, 0.25) is 0 Å². The van der Waals surface area contributed by atoms with Crippen LogP contribution in [0.15, 0.2) is 182 Å². The summed E-state index contributed by atoms with van der Waals surface area (Å²) in [7, 11) is 0. The van der Waals surface area contributed by atoms with Crippen LogP contribution in [0.4, 0.5) is 0 Å². The van der Waals surface area contributed by atoms with Crippen molar-refractivity contribution in [3.05, 3.63) is 215 Å². The van der Waals surface area contributed by atoms with E-state index in [0.717, 1.165) is 64.5 Å². The van der Waals surface area contributed by atoms with Gasteiger partial charge in [-0.15, -0.1) is 0 Å². The van der Waals surface area contributed by atoms with Gasteiger partial charge in [-0.05, 0) is 226 Å². The summed E-state index contributed by atoms with van der Waals surface area (Å²) in [6, 6.07) is 76.7. The lowest BCUT2D eigenvalue weighted by Gasteiger charge is -2.15. The monoisotopic (exact) mass is 1890 g/mol. The molecule has 0 aliphatic heterocycles. The molecule has 3 nitrogen and oxygen atoms in total. The van der Waals surface area contributed by atoms with Crippen LogP contribution < -0.4 is 0 Å². The molecule has 3 heterocycles. The number of H-pyrrole nitrogens is 1. The Morgan fingerprint density at radius 1 is 0.170 bits per heavy atom. The largest absolute Gasteiger partial charge is 0.354 e. The number of benzene rings is 10. The molecule has 0 bridgehead atoms. The number of unbranched alkanes of at least 4 members (excludes halogenated alkanes) is 54. The van der Waals surface area contributed by atoms with E-state index in [2.05, 4.69) is 251 Å². The Morgan fingerprint density at radius 2 is 0.348 bits per heavy atom. The number of hydrogen-bond donors (Lipinski definition) is 1. The number of nitrogens with zero attached hydrogens (tertiary/aromatic N) is 2. The average molecular weight is 1900 g/mol. The van der Waals surface area contributed by atoms with Gasteiger partial charge in [0.25, 0.3) is 0 Å². The summed E-state index contributed by atoms with van der Waals surface area (Å²) in [5.74, 6) is 0. The third-order valence-electron chi connectivity index (χ3n) is 32.5. The minimum absolute atomic E-state index is 0.945. The number of nitrogens with one attached hydrogen (secondary N) is 1. The summed E-state index contributed by atoms with van der Waals surface area (Å²) >= 11 is 0. The average Bonchev–Trinajstić information content (AvgIpc) is 1.51. The molecule has 762 valence electrons. The minimum Gasteiger partial charge on any atom is -0.354 e. The molecule has 0 amide bonds. The Balaban J connectivity index is 1.10. The number of aromatic nitrogens is 3. The summed E-state index contributed by atoms with van der Waals surface area (Å²) in [5, 5.41) is 8.29. The van der Waals surface area contributed by atoms with Crippen LogP contribution in [0.1, 0.15) is 487 Å². The Kier molecular flexibility index (Phi) is 49.2. The van der Waals surface area contributed by atoms with Crippen molar-refractivity contribution >= 4 is 65.4 Å². The molecule has 13 aromatic rings. The molecular weight excluding hydrogens is 1700 g/mol. The van der Waals surface area contributed by atoms with Crippen LogP contribution in [0.3, 0.4) is 0 Å². The molecule has 13 rings (SSSR count). The van der Waals surface area contributed by atoms with E-state index in [1.54, 1.807) is 0 Å². The van der Waals surface area contributed by atoms with Gasteiger partial charge < -0.3 is 14.1 Å². The van der Waals surface area contributed by atoms with Gasteiger partial charge in [0.05, 0.1) is 16.6 Å². The first-order chi connectivity index (χ1) is 69.8. The highest BCUT2D eigenvalue weighted by Gasteiger charge is 2.30. The number of hydrogen-bond acceptors (Lipinski definition) is 0. The lowest BCUT2D eigenvalue weighted by atomic mass is 9.90. The minimum atomic E-state index is 0.945. The fraction of sp³-hybridized carbons (Fsp3) is 0.565. The van der Waals surface area contributed by atoms with Crippen LogP contribution in [0.2, 0.25) is 0 Å². The highest BCUT2D eigenvalue weighted by atomic mass is 15.0.